The van der Waals surface area contributed by atoms with Crippen LogP contribution in [0.3, 0.4) is 0 Å². The molecule has 3 unspecified atom stereocenters. The minimum absolute atomic E-state index is 0.159. The van der Waals surface area contributed by atoms with Gasteiger partial charge in [0.25, 0.3) is 0 Å². The zero-order valence-corrected chi connectivity index (χ0v) is 16.5. The SMILES string of the molecule is [O-][S+]1(c2ccccc2)=NP(F)(c2ccccc2)=N[S+]([O-])(c2ccccc2)=N1. The molecule has 0 saturated carbocycles. The summed E-state index contributed by atoms with van der Waals surface area (Å²) in [6.45, 7) is 0. The van der Waals surface area contributed by atoms with Gasteiger partial charge in [-0.25, -0.2) is 0 Å². The largest absolute Gasteiger partial charge is 0.600 e. The summed E-state index contributed by atoms with van der Waals surface area (Å²) in [5, 5.41) is 0.159. The molecule has 138 valence electrons. The normalized spacial score (nSPS) is 29.9. The summed E-state index contributed by atoms with van der Waals surface area (Å²) < 4.78 is 55.2. The van der Waals surface area contributed by atoms with Gasteiger partial charge < -0.3 is 9.11 Å². The van der Waals surface area contributed by atoms with Crippen molar-refractivity contribution in [2.24, 2.45) is 12.1 Å². The van der Waals surface area contributed by atoms with Crippen molar-refractivity contribution >= 4 is 33.4 Å². The lowest BCUT2D eigenvalue weighted by molar-refractivity contribution is 0.574. The third-order valence-corrected chi connectivity index (χ3v) is 11.7. The second-order valence-corrected chi connectivity index (χ2v) is 12.1. The van der Waals surface area contributed by atoms with Gasteiger partial charge in [0.15, 0.2) is 9.79 Å². The molecule has 4 rings (SSSR count). The zero-order chi connectivity index (χ0) is 19.0. The van der Waals surface area contributed by atoms with Crippen LogP contribution in [0.15, 0.2) is 113 Å². The quantitative estimate of drug-likeness (QED) is 0.431. The number of nitrogens with zero attached hydrogens (tertiary/aromatic N) is 3. The van der Waals surface area contributed by atoms with Crippen LogP contribution in [0.4, 0.5) is 4.20 Å². The van der Waals surface area contributed by atoms with Crippen molar-refractivity contribution in [2.75, 3.05) is 0 Å². The van der Waals surface area contributed by atoms with Crippen LogP contribution < -0.4 is 5.30 Å². The van der Waals surface area contributed by atoms with E-state index < -0.39 is 28.1 Å². The van der Waals surface area contributed by atoms with Crippen LogP contribution in [0.1, 0.15) is 0 Å². The fraction of sp³-hybridized carbons (Fsp3) is 0. The first kappa shape index (κ1) is 18.4. The van der Waals surface area contributed by atoms with Crippen LogP contribution in [-0.2, 0) is 20.6 Å². The Kier molecular flexibility index (Phi) is 4.70. The highest BCUT2D eigenvalue weighted by molar-refractivity contribution is 8.14. The maximum atomic E-state index is 16.0. The molecule has 27 heavy (non-hydrogen) atoms. The topological polar surface area (TPSA) is 83.2 Å². The van der Waals surface area contributed by atoms with Crippen LogP contribution in [0, 0.1) is 0 Å². The van der Waals surface area contributed by atoms with Crippen LogP contribution in [0.5, 0.6) is 0 Å². The maximum absolute atomic E-state index is 16.0. The van der Waals surface area contributed by atoms with E-state index in [0.717, 1.165) is 0 Å². The molecule has 5 nitrogen and oxygen atoms in total. The van der Waals surface area contributed by atoms with Crippen molar-refractivity contribution in [2.45, 2.75) is 9.79 Å². The summed E-state index contributed by atoms with van der Waals surface area (Å²) in [5.41, 5.74) is 0. The molecule has 0 N–H and O–H groups in total. The van der Waals surface area contributed by atoms with Crippen molar-refractivity contribution in [3.05, 3.63) is 91.0 Å². The van der Waals surface area contributed by atoms with E-state index in [-0.39, 0.29) is 15.1 Å². The van der Waals surface area contributed by atoms with Crippen molar-refractivity contribution in [3.8, 4) is 0 Å². The Hall–Kier alpha value is -1.96. The van der Waals surface area contributed by atoms with E-state index in [2.05, 4.69) is 12.1 Å². The first-order valence-corrected chi connectivity index (χ1v) is 12.5. The van der Waals surface area contributed by atoms with Gasteiger partial charge in [-0.2, -0.15) is 4.20 Å². The highest BCUT2D eigenvalue weighted by atomic mass is 32.3. The van der Waals surface area contributed by atoms with Gasteiger partial charge in [-0.05, 0) is 44.7 Å². The standard InChI is InChI=1S/C18H15FN3O2PS2/c19-25(16-10-4-1-5-11-16)20-26(23,17-12-6-2-7-13-17)22-27(24,21-25)18-14-8-3-9-15-18/h1-15H. The number of rotatable bonds is 3. The molecule has 9 heteroatoms. The molecule has 0 bridgehead atoms. The molecule has 0 amide bonds. The van der Waals surface area contributed by atoms with Gasteiger partial charge in [-0.3, -0.25) is 0 Å². The predicted octanol–water partition coefficient (Wildman–Crippen LogP) is 5.21. The number of hydrogen-bond acceptors (Lipinski definition) is 5. The zero-order valence-electron chi connectivity index (χ0n) is 14.0. The molecule has 3 atom stereocenters. The molecule has 3 aromatic carbocycles. The van der Waals surface area contributed by atoms with Gasteiger partial charge in [-0.1, -0.05) is 54.6 Å². The summed E-state index contributed by atoms with van der Waals surface area (Å²) in [7, 11) is -11.4. The highest BCUT2D eigenvalue weighted by Gasteiger charge is 2.42. The summed E-state index contributed by atoms with van der Waals surface area (Å²) in [6, 6.07) is 24.3. The third kappa shape index (κ3) is 3.47. The van der Waals surface area contributed by atoms with E-state index in [4.69, 9.17) is 0 Å². The Labute approximate surface area is 159 Å². The van der Waals surface area contributed by atoms with Crippen LogP contribution in [0.25, 0.3) is 0 Å². The van der Waals surface area contributed by atoms with Crippen molar-refractivity contribution < 1.29 is 13.3 Å². The lowest BCUT2D eigenvalue weighted by Gasteiger charge is -2.25. The molecule has 1 heterocycles. The Morgan fingerprint density at radius 3 is 1.63 bits per heavy atom. The Balaban J connectivity index is 2.07. The molecule has 0 fully saturated rings. The fourth-order valence-corrected chi connectivity index (χ4v) is 10.9. The second-order valence-electron chi connectivity index (χ2n) is 5.72. The van der Waals surface area contributed by atoms with Gasteiger partial charge in [0.1, 0.15) is 24.4 Å². The summed E-state index contributed by atoms with van der Waals surface area (Å²) in [5.74, 6) is 0. The molecular weight excluding hydrogens is 404 g/mol. The molecule has 1 aliphatic rings. The van der Waals surface area contributed by atoms with E-state index in [0.29, 0.717) is 0 Å². The Bertz CT molecular complexity index is 976. The van der Waals surface area contributed by atoms with Gasteiger partial charge in [0, 0.05) is 0 Å². The van der Waals surface area contributed by atoms with Gasteiger partial charge in [0.2, 0.25) is 0 Å². The van der Waals surface area contributed by atoms with E-state index in [1.165, 1.54) is 12.1 Å². The Morgan fingerprint density at radius 2 is 1.11 bits per heavy atom. The second kappa shape index (κ2) is 6.89. The number of halogens is 1. The lowest BCUT2D eigenvalue weighted by atomic mass is 10.4. The number of hydrogen-bond donors (Lipinski definition) is 0. The molecule has 0 radical (unpaired) electrons. The highest BCUT2D eigenvalue weighted by Crippen LogP contribution is 2.59. The maximum Gasteiger partial charge on any atom is 0.360 e. The minimum atomic E-state index is -4.18. The predicted molar refractivity (Wildman–Crippen MR) is 107 cm³/mol. The average molecular weight is 419 g/mol. The minimum Gasteiger partial charge on any atom is -0.600 e. The average Bonchev–Trinajstić information content (AvgIpc) is 2.69. The van der Waals surface area contributed by atoms with Gasteiger partial charge in [0.05, 0.1) is 5.30 Å². The van der Waals surface area contributed by atoms with Crippen LogP contribution in [-0.4, -0.2) is 9.11 Å². The van der Waals surface area contributed by atoms with Crippen molar-refractivity contribution in [3.63, 3.8) is 0 Å². The van der Waals surface area contributed by atoms with Crippen LogP contribution in [0.2, 0.25) is 0 Å². The van der Waals surface area contributed by atoms with E-state index in [9.17, 15) is 9.11 Å². The molecular formula is C18H15FN3O2PS2. The summed E-state index contributed by atoms with van der Waals surface area (Å²) in [4.78, 5) is 0.419. The Morgan fingerprint density at radius 1 is 0.667 bits per heavy atom. The molecule has 0 spiro atoms. The van der Waals surface area contributed by atoms with E-state index in [1.807, 2.05) is 0 Å². The molecule has 0 aromatic heterocycles. The molecule has 0 aliphatic carbocycles. The van der Waals surface area contributed by atoms with E-state index in [1.54, 1.807) is 78.9 Å². The monoisotopic (exact) mass is 419 g/mol. The van der Waals surface area contributed by atoms with Crippen LogP contribution >= 0.6 is 7.52 Å². The molecule has 0 saturated heterocycles. The molecule has 3 aromatic rings. The van der Waals surface area contributed by atoms with E-state index >= 15 is 4.20 Å². The van der Waals surface area contributed by atoms with Crippen molar-refractivity contribution in [1.29, 1.82) is 0 Å². The smallest absolute Gasteiger partial charge is 0.360 e. The number of benzene rings is 3. The van der Waals surface area contributed by atoms with Crippen molar-refractivity contribution in [1.82, 2.24) is 0 Å². The van der Waals surface area contributed by atoms with Gasteiger partial charge >= 0.3 is 7.52 Å². The summed E-state index contributed by atoms with van der Waals surface area (Å²) in [6.07, 6.45) is 0. The third-order valence-electron chi connectivity index (χ3n) is 3.83. The van der Waals surface area contributed by atoms with Gasteiger partial charge in [-0.15, -0.1) is 0 Å². The first-order valence-electron chi connectivity index (χ1n) is 8.00. The summed E-state index contributed by atoms with van der Waals surface area (Å²) >= 11 is 0. The molecule has 1 aliphatic heterocycles. The fourth-order valence-electron chi connectivity index (χ4n) is 2.56. The lowest BCUT2D eigenvalue weighted by Crippen LogP contribution is -2.20. The first-order chi connectivity index (χ1) is 12.9.